The Morgan fingerprint density at radius 2 is 1.75 bits per heavy atom. The van der Waals surface area contributed by atoms with Crippen LogP contribution in [-0.2, 0) is 9.31 Å². The van der Waals surface area contributed by atoms with E-state index in [2.05, 4.69) is 9.97 Å². The SMILES string of the molecule is CC1(C)OB(c2cncc(-n3ccnc3)c2)OC1(C)C. The quantitative estimate of drug-likeness (QED) is 0.778. The highest BCUT2D eigenvalue weighted by Crippen LogP contribution is 2.36. The van der Waals surface area contributed by atoms with Gasteiger partial charge in [0.1, 0.15) is 0 Å². The lowest BCUT2D eigenvalue weighted by Crippen LogP contribution is -2.41. The molecule has 6 heteroatoms. The van der Waals surface area contributed by atoms with Crippen LogP contribution in [-0.4, -0.2) is 32.9 Å². The van der Waals surface area contributed by atoms with Gasteiger partial charge < -0.3 is 13.9 Å². The average Bonchev–Trinajstić information content (AvgIpc) is 2.97. The van der Waals surface area contributed by atoms with E-state index in [1.807, 2.05) is 44.5 Å². The Balaban J connectivity index is 1.91. The molecule has 0 atom stereocenters. The molecule has 20 heavy (non-hydrogen) atoms. The number of hydrogen-bond donors (Lipinski definition) is 0. The van der Waals surface area contributed by atoms with E-state index in [-0.39, 0.29) is 11.2 Å². The van der Waals surface area contributed by atoms with Crippen molar-refractivity contribution >= 4 is 12.6 Å². The highest BCUT2D eigenvalue weighted by molar-refractivity contribution is 6.62. The Labute approximate surface area is 119 Å². The molecule has 1 aliphatic rings. The van der Waals surface area contributed by atoms with Gasteiger partial charge in [-0.25, -0.2) is 4.98 Å². The Morgan fingerprint density at radius 3 is 2.35 bits per heavy atom. The standard InChI is InChI=1S/C14H18BN3O2/c1-13(2)14(3,4)20-15(19-13)11-7-12(9-17-8-11)18-6-5-16-10-18/h5-10H,1-4H3. The third-order valence-electron chi connectivity index (χ3n) is 4.07. The lowest BCUT2D eigenvalue weighted by Gasteiger charge is -2.32. The largest absolute Gasteiger partial charge is 0.496 e. The van der Waals surface area contributed by atoms with E-state index < -0.39 is 7.12 Å². The molecule has 104 valence electrons. The molecule has 1 aliphatic heterocycles. The molecule has 0 aliphatic carbocycles. The van der Waals surface area contributed by atoms with Crippen LogP contribution in [0.5, 0.6) is 0 Å². The van der Waals surface area contributed by atoms with Crippen LogP contribution in [0.3, 0.4) is 0 Å². The highest BCUT2D eigenvalue weighted by atomic mass is 16.7. The number of rotatable bonds is 2. The molecular weight excluding hydrogens is 253 g/mol. The zero-order valence-electron chi connectivity index (χ0n) is 12.2. The van der Waals surface area contributed by atoms with Crippen molar-refractivity contribution < 1.29 is 9.31 Å². The van der Waals surface area contributed by atoms with E-state index in [4.69, 9.17) is 9.31 Å². The molecule has 0 radical (unpaired) electrons. The van der Waals surface area contributed by atoms with Crippen LogP contribution in [0.25, 0.3) is 5.69 Å². The fourth-order valence-electron chi connectivity index (χ4n) is 2.11. The van der Waals surface area contributed by atoms with Gasteiger partial charge in [-0.3, -0.25) is 4.98 Å². The Hall–Kier alpha value is -1.66. The number of aromatic nitrogens is 3. The third kappa shape index (κ3) is 2.15. The summed E-state index contributed by atoms with van der Waals surface area (Å²) in [4.78, 5) is 8.32. The zero-order valence-corrected chi connectivity index (χ0v) is 12.2. The van der Waals surface area contributed by atoms with E-state index in [1.54, 1.807) is 24.9 Å². The summed E-state index contributed by atoms with van der Waals surface area (Å²) < 4.78 is 14.0. The molecule has 2 aromatic rings. The topological polar surface area (TPSA) is 49.2 Å². The first-order valence-electron chi connectivity index (χ1n) is 6.68. The van der Waals surface area contributed by atoms with E-state index in [0.29, 0.717) is 0 Å². The summed E-state index contributed by atoms with van der Waals surface area (Å²) in [6, 6.07) is 2.01. The highest BCUT2D eigenvalue weighted by Gasteiger charge is 2.51. The predicted molar refractivity (Wildman–Crippen MR) is 77.1 cm³/mol. The first-order valence-corrected chi connectivity index (χ1v) is 6.68. The third-order valence-corrected chi connectivity index (χ3v) is 4.07. The summed E-state index contributed by atoms with van der Waals surface area (Å²) in [6.07, 6.45) is 8.93. The molecule has 0 amide bonds. The van der Waals surface area contributed by atoms with E-state index >= 15 is 0 Å². The summed E-state index contributed by atoms with van der Waals surface area (Å²) in [6.45, 7) is 8.17. The number of pyridine rings is 1. The van der Waals surface area contributed by atoms with Crippen LogP contribution >= 0.6 is 0 Å². The average molecular weight is 271 g/mol. The van der Waals surface area contributed by atoms with Gasteiger partial charge in [-0.1, -0.05) is 0 Å². The van der Waals surface area contributed by atoms with Gasteiger partial charge in [0.25, 0.3) is 0 Å². The second-order valence-electron chi connectivity index (χ2n) is 6.03. The summed E-state index contributed by atoms with van der Waals surface area (Å²) >= 11 is 0. The molecule has 0 saturated carbocycles. The van der Waals surface area contributed by atoms with Crippen molar-refractivity contribution in [3.63, 3.8) is 0 Å². The molecule has 2 aromatic heterocycles. The van der Waals surface area contributed by atoms with Gasteiger partial charge in [0.05, 0.1) is 29.4 Å². The fourth-order valence-corrected chi connectivity index (χ4v) is 2.11. The van der Waals surface area contributed by atoms with Gasteiger partial charge in [-0.2, -0.15) is 0 Å². The van der Waals surface area contributed by atoms with Crippen LogP contribution < -0.4 is 5.46 Å². The van der Waals surface area contributed by atoms with Gasteiger partial charge in [0.15, 0.2) is 0 Å². The molecule has 5 nitrogen and oxygen atoms in total. The van der Waals surface area contributed by atoms with Crippen molar-refractivity contribution in [2.45, 2.75) is 38.9 Å². The van der Waals surface area contributed by atoms with Crippen LogP contribution in [0.1, 0.15) is 27.7 Å². The van der Waals surface area contributed by atoms with Gasteiger partial charge in [0, 0.05) is 24.1 Å². The number of nitrogens with zero attached hydrogens (tertiary/aromatic N) is 3. The summed E-state index contributed by atoms with van der Waals surface area (Å²) in [5.41, 5.74) is 1.16. The molecule has 0 unspecified atom stereocenters. The van der Waals surface area contributed by atoms with Crippen molar-refractivity contribution in [2.24, 2.45) is 0 Å². The molecule has 1 fully saturated rings. The molecule has 3 rings (SSSR count). The predicted octanol–water partition coefficient (Wildman–Crippen LogP) is 1.57. The monoisotopic (exact) mass is 271 g/mol. The smallest absolute Gasteiger partial charge is 0.399 e. The summed E-state index contributed by atoms with van der Waals surface area (Å²) in [5.74, 6) is 0. The first-order chi connectivity index (χ1) is 9.39. The van der Waals surface area contributed by atoms with Crippen LogP contribution in [0.4, 0.5) is 0 Å². The van der Waals surface area contributed by atoms with Crippen molar-refractivity contribution in [3.05, 3.63) is 37.2 Å². The normalized spacial score (nSPS) is 20.3. The number of imidazole rings is 1. The molecule has 0 aromatic carbocycles. The van der Waals surface area contributed by atoms with Gasteiger partial charge in [-0.15, -0.1) is 0 Å². The Morgan fingerprint density at radius 1 is 1.05 bits per heavy atom. The van der Waals surface area contributed by atoms with Gasteiger partial charge in [0.2, 0.25) is 0 Å². The van der Waals surface area contributed by atoms with Crippen molar-refractivity contribution in [1.29, 1.82) is 0 Å². The number of hydrogen-bond acceptors (Lipinski definition) is 4. The molecule has 0 spiro atoms. The maximum absolute atomic E-state index is 6.04. The van der Waals surface area contributed by atoms with E-state index in [0.717, 1.165) is 11.2 Å². The van der Waals surface area contributed by atoms with E-state index in [1.165, 1.54) is 0 Å². The van der Waals surface area contributed by atoms with Crippen LogP contribution in [0, 0.1) is 0 Å². The van der Waals surface area contributed by atoms with Crippen LogP contribution in [0.15, 0.2) is 37.2 Å². The van der Waals surface area contributed by atoms with Crippen molar-refractivity contribution in [2.75, 3.05) is 0 Å². The minimum absolute atomic E-state index is 0.345. The molecular formula is C14H18BN3O2. The molecule has 0 N–H and O–H groups in total. The minimum atomic E-state index is -0.393. The lowest BCUT2D eigenvalue weighted by molar-refractivity contribution is 0.00578. The van der Waals surface area contributed by atoms with Crippen LogP contribution in [0.2, 0.25) is 0 Å². The second-order valence-corrected chi connectivity index (χ2v) is 6.03. The molecule has 1 saturated heterocycles. The lowest BCUT2D eigenvalue weighted by atomic mass is 9.80. The first kappa shape index (κ1) is 13.3. The summed E-state index contributed by atoms with van der Waals surface area (Å²) in [5, 5.41) is 0. The van der Waals surface area contributed by atoms with Gasteiger partial charge >= 0.3 is 7.12 Å². The molecule has 0 bridgehead atoms. The van der Waals surface area contributed by atoms with Crippen molar-refractivity contribution in [3.8, 4) is 5.69 Å². The molecule has 3 heterocycles. The minimum Gasteiger partial charge on any atom is -0.399 e. The second kappa shape index (κ2) is 4.43. The maximum atomic E-state index is 6.04. The fraction of sp³-hybridized carbons (Fsp3) is 0.429. The van der Waals surface area contributed by atoms with E-state index in [9.17, 15) is 0 Å². The zero-order chi connectivity index (χ0) is 14.4. The van der Waals surface area contributed by atoms with Gasteiger partial charge in [-0.05, 0) is 33.8 Å². The Kier molecular flexibility index (Phi) is 2.95. The maximum Gasteiger partial charge on any atom is 0.496 e. The van der Waals surface area contributed by atoms with Crippen molar-refractivity contribution in [1.82, 2.24) is 14.5 Å². The summed E-state index contributed by atoms with van der Waals surface area (Å²) in [7, 11) is -0.393. The Bertz CT molecular complexity index is 595.